The summed E-state index contributed by atoms with van der Waals surface area (Å²) in [4.78, 5) is 10.9. The second-order valence-corrected chi connectivity index (χ2v) is 5.53. The summed E-state index contributed by atoms with van der Waals surface area (Å²) in [5, 5.41) is 17.5. The molecule has 0 heterocycles. The minimum atomic E-state index is -0.943. The van der Waals surface area contributed by atoms with Crippen LogP contribution in [0, 0.1) is 10.1 Å². The summed E-state index contributed by atoms with van der Waals surface area (Å²) in [6.07, 6.45) is 0.487. The van der Waals surface area contributed by atoms with E-state index in [1.807, 2.05) is 61.5 Å². The lowest BCUT2D eigenvalue weighted by atomic mass is 10.00. The van der Waals surface area contributed by atoms with E-state index in [9.17, 15) is 10.1 Å². The molecule has 0 saturated carbocycles. The van der Waals surface area contributed by atoms with Gasteiger partial charge in [0.1, 0.15) is 0 Å². The minimum absolute atomic E-state index is 0.217. The van der Waals surface area contributed by atoms with E-state index >= 15 is 0 Å². The molecule has 2 aromatic rings. The Labute approximate surface area is 130 Å². The molecule has 5 nitrogen and oxygen atoms in total. The van der Waals surface area contributed by atoms with Gasteiger partial charge in [-0.05, 0) is 36.4 Å². The average Bonchev–Trinajstić information content (AvgIpc) is 2.54. The summed E-state index contributed by atoms with van der Waals surface area (Å²) in [7, 11) is 0. The molecule has 0 aliphatic heterocycles. The molecule has 116 valence electrons. The maximum absolute atomic E-state index is 11.1. The molecule has 0 aliphatic rings. The lowest BCUT2D eigenvalue weighted by molar-refractivity contribution is -0.561. The van der Waals surface area contributed by atoms with E-state index in [-0.39, 0.29) is 4.92 Å². The maximum Gasteiger partial charge on any atom is 0.236 e. The van der Waals surface area contributed by atoms with Crippen LogP contribution in [0.15, 0.2) is 54.6 Å². The molecule has 5 heteroatoms. The van der Waals surface area contributed by atoms with Gasteiger partial charge in [0.05, 0.1) is 6.54 Å². The first kappa shape index (κ1) is 15.8. The summed E-state index contributed by atoms with van der Waals surface area (Å²) in [6, 6.07) is 17.6. The van der Waals surface area contributed by atoms with Crippen molar-refractivity contribution in [2.45, 2.75) is 25.8 Å². The second kappa shape index (κ2) is 6.93. The Morgan fingerprint density at radius 2 is 1.55 bits per heavy atom. The number of anilines is 3. The van der Waals surface area contributed by atoms with Crippen molar-refractivity contribution in [2.24, 2.45) is 0 Å². The molecule has 0 aromatic heterocycles. The third-order valence-electron chi connectivity index (χ3n) is 3.82. The summed E-state index contributed by atoms with van der Waals surface area (Å²) >= 11 is 0. The van der Waals surface area contributed by atoms with Gasteiger partial charge in [-0.15, -0.1) is 0 Å². The molecule has 0 bridgehead atoms. The van der Waals surface area contributed by atoms with E-state index in [4.69, 9.17) is 0 Å². The fourth-order valence-electron chi connectivity index (χ4n) is 1.97. The molecule has 2 N–H and O–H groups in total. The molecule has 0 saturated heterocycles. The van der Waals surface area contributed by atoms with Gasteiger partial charge in [-0.2, -0.15) is 0 Å². The van der Waals surface area contributed by atoms with Crippen LogP contribution in [0.2, 0.25) is 0 Å². The SMILES string of the molecule is CCC(C)(CNc1ccc(Nc2ccccc2)cc1)[N+](=O)[O-]. The number of hydrogen-bond donors (Lipinski definition) is 2. The van der Waals surface area contributed by atoms with Crippen LogP contribution < -0.4 is 10.6 Å². The van der Waals surface area contributed by atoms with Crippen molar-refractivity contribution < 1.29 is 4.92 Å². The molecule has 2 aromatic carbocycles. The molecule has 1 unspecified atom stereocenters. The highest BCUT2D eigenvalue weighted by Gasteiger charge is 2.34. The molecular weight excluding hydrogens is 278 g/mol. The minimum Gasteiger partial charge on any atom is -0.378 e. The van der Waals surface area contributed by atoms with Gasteiger partial charge in [-0.25, -0.2) is 0 Å². The number of para-hydroxylation sites is 1. The molecule has 0 aliphatic carbocycles. The van der Waals surface area contributed by atoms with Crippen LogP contribution in [0.1, 0.15) is 20.3 Å². The smallest absolute Gasteiger partial charge is 0.236 e. The van der Waals surface area contributed by atoms with Crippen molar-refractivity contribution >= 4 is 17.1 Å². The van der Waals surface area contributed by atoms with E-state index in [2.05, 4.69) is 10.6 Å². The van der Waals surface area contributed by atoms with Crippen molar-refractivity contribution in [3.63, 3.8) is 0 Å². The van der Waals surface area contributed by atoms with Crippen LogP contribution in [0.3, 0.4) is 0 Å². The first-order chi connectivity index (χ1) is 10.5. The van der Waals surface area contributed by atoms with Crippen LogP contribution in [0.4, 0.5) is 17.1 Å². The van der Waals surface area contributed by atoms with E-state index in [1.165, 1.54) is 0 Å². The van der Waals surface area contributed by atoms with Gasteiger partial charge in [0.25, 0.3) is 0 Å². The summed E-state index contributed by atoms with van der Waals surface area (Å²) in [5.41, 5.74) is 1.93. The monoisotopic (exact) mass is 299 g/mol. The van der Waals surface area contributed by atoms with E-state index in [0.717, 1.165) is 17.1 Å². The van der Waals surface area contributed by atoms with Gasteiger partial charge in [0, 0.05) is 35.3 Å². The number of nitrogens with zero attached hydrogens (tertiary/aromatic N) is 1. The third kappa shape index (κ3) is 3.97. The number of hydrogen-bond acceptors (Lipinski definition) is 4. The molecule has 0 amide bonds. The Balaban J connectivity index is 1.96. The third-order valence-corrected chi connectivity index (χ3v) is 3.82. The molecule has 0 radical (unpaired) electrons. The number of nitro groups is 1. The number of benzene rings is 2. The van der Waals surface area contributed by atoms with Crippen molar-refractivity contribution in [1.82, 2.24) is 0 Å². The highest BCUT2D eigenvalue weighted by molar-refractivity contribution is 5.62. The second-order valence-electron chi connectivity index (χ2n) is 5.53. The predicted octanol–water partition coefficient (Wildman–Crippen LogP) is 4.29. The molecule has 2 rings (SSSR count). The fraction of sp³-hybridized carbons (Fsp3) is 0.294. The summed E-state index contributed by atoms with van der Waals surface area (Å²) in [5.74, 6) is 0. The Kier molecular flexibility index (Phi) is 4.99. The van der Waals surface area contributed by atoms with Crippen LogP contribution in [0.25, 0.3) is 0 Å². The zero-order valence-corrected chi connectivity index (χ0v) is 12.9. The Hall–Kier alpha value is -2.56. The highest BCUT2D eigenvalue weighted by atomic mass is 16.6. The first-order valence-electron chi connectivity index (χ1n) is 7.34. The number of nitrogens with one attached hydrogen (secondary N) is 2. The fourth-order valence-corrected chi connectivity index (χ4v) is 1.97. The quantitative estimate of drug-likeness (QED) is 0.591. The highest BCUT2D eigenvalue weighted by Crippen LogP contribution is 2.20. The first-order valence-corrected chi connectivity index (χ1v) is 7.34. The Morgan fingerprint density at radius 1 is 1.00 bits per heavy atom. The van der Waals surface area contributed by atoms with E-state index < -0.39 is 5.54 Å². The number of rotatable bonds is 7. The van der Waals surface area contributed by atoms with Gasteiger partial charge in [-0.3, -0.25) is 10.1 Å². The molecular formula is C17H21N3O2. The average molecular weight is 299 g/mol. The van der Waals surface area contributed by atoms with E-state index in [0.29, 0.717) is 13.0 Å². The zero-order valence-electron chi connectivity index (χ0n) is 12.9. The van der Waals surface area contributed by atoms with Crippen LogP contribution in [-0.4, -0.2) is 17.0 Å². The van der Waals surface area contributed by atoms with Gasteiger partial charge >= 0.3 is 0 Å². The Bertz CT molecular complexity index is 614. The van der Waals surface area contributed by atoms with Gasteiger partial charge < -0.3 is 10.6 Å². The van der Waals surface area contributed by atoms with Crippen molar-refractivity contribution in [3.8, 4) is 0 Å². The zero-order chi connectivity index (χ0) is 16.0. The lowest BCUT2D eigenvalue weighted by Gasteiger charge is -2.20. The molecule has 1 atom stereocenters. The van der Waals surface area contributed by atoms with Gasteiger partial charge in [0.2, 0.25) is 5.54 Å². The normalized spacial score (nSPS) is 13.2. The van der Waals surface area contributed by atoms with E-state index in [1.54, 1.807) is 6.92 Å². The van der Waals surface area contributed by atoms with Crippen LogP contribution in [0.5, 0.6) is 0 Å². The molecule has 0 spiro atoms. The summed E-state index contributed by atoms with van der Waals surface area (Å²) < 4.78 is 0. The summed E-state index contributed by atoms with van der Waals surface area (Å²) in [6.45, 7) is 3.80. The lowest BCUT2D eigenvalue weighted by Crippen LogP contribution is -2.41. The Morgan fingerprint density at radius 3 is 2.09 bits per heavy atom. The van der Waals surface area contributed by atoms with Gasteiger partial charge in [0.15, 0.2) is 0 Å². The maximum atomic E-state index is 11.1. The van der Waals surface area contributed by atoms with Crippen molar-refractivity contribution in [3.05, 3.63) is 64.7 Å². The molecule has 0 fully saturated rings. The van der Waals surface area contributed by atoms with Gasteiger partial charge in [-0.1, -0.05) is 25.1 Å². The van der Waals surface area contributed by atoms with Crippen LogP contribution >= 0.6 is 0 Å². The van der Waals surface area contributed by atoms with Crippen molar-refractivity contribution in [2.75, 3.05) is 17.2 Å². The van der Waals surface area contributed by atoms with Crippen molar-refractivity contribution in [1.29, 1.82) is 0 Å². The molecule has 22 heavy (non-hydrogen) atoms. The van der Waals surface area contributed by atoms with Crippen LogP contribution in [-0.2, 0) is 0 Å². The topological polar surface area (TPSA) is 67.2 Å². The predicted molar refractivity (Wildman–Crippen MR) is 90.3 cm³/mol. The largest absolute Gasteiger partial charge is 0.378 e. The standard InChI is InChI=1S/C17H21N3O2/c1-3-17(2,20(21)22)13-18-14-9-11-16(12-10-14)19-15-7-5-4-6-8-15/h4-12,18-19H,3,13H2,1-2H3.